The SMILES string of the molecule is Cc1cc(C#N)cc(C(O)c2c(C(C)C)c(=O)[nH]c(=O)n2Cc2ccncc2)c1. The minimum Gasteiger partial charge on any atom is -0.382 e. The van der Waals surface area contributed by atoms with Crippen molar-refractivity contribution in [1.29, 1.82) is 5.26 Å². The lowest BCUT2D eigenvalue weighted by atomic mass is 9.94. The fourth-order valence-electron chi connectivity index (χ4n) is 3.48. The number of nitrogens with zero attached hydrogens (tertiary/aromatic N) is 3. The molecule has 7 heteroatoms. The predicted octanol–water partition coefficient (Wildman–Crippen LogP) is 2.37. The van der Waals surface area contributed by atoms with Gasteiger partial charge in [0.25, 0.3) is 5.56 Å². The molecular formula is C22H22N4O3. The van der Waals surface area contributed by atoms with Gasteiger partial charge >= 0.3 is 5.69 Å². The Hall–Kier alpha value is -3.50. The minimum absolute atomic E-state index is 0.168. The number of hydrogen-bond acceptors (Lipinski definition) is 5. The zero-order valence-corrected chi connectivity index (χ0v) is 16.5. The zero-order valence-electron chi connectivity index (χ0n) is 16.5. The molecule has 0 fully saturated rings. The average molecular weight is 390 g/mol. The first-order valence-corrected chi connectivity index (χ1v) is 9.27. The Labute approximate surface area is 167 Å². The number of hydrogen-bond donors (Lipinski definition) is 2. The van der Waals surface area contributed by atoms with E-state index in [1.54, 1.807) is 42.7 Å². The Morgan fingerprint density at radius 3 is 2.52 bits per heavy atom. The molecule has 2 heterocycles. The second kappa shape index (κ2) is 8.25. The lowest BCUT2D eigenvalue weighted by Crippen LogP contribution is -2.37. The largest absolute Gasteiger partial charge is 0.382 e. The monoisotopic (exact) mass is 390 g/mol. The van der Waals surface area contributed by atoms with Crippen molar-refractivity contribution >= 4 is 0 Å². The number of nitrogens with one attached hydrogen (secondary N) is 1. The average Bonchev–Trinajstić information content (AvgIpc) is 2.69. The Kier molecular flexibility index (Phi) is 5.76. The van der Waals surface area contributed by atoms with E-state index in [2.05, 4.69) is 16.0 Å². The zero-order chi connectivity index (χ0) is 21.1. The number of aliphatic hydroxyl groups excluding tert-OH is 1. The molecule has 3 aromatic rings. The number of H-pyrrole nitrogens is 1. The summed E-state index contributed by atoms with van der Waals surface area (Å²) in [6.07, 6.45) is 1.99. The van der Waals surface area contributed by atoms with Crippen molar-refractivity contribution in [3.05, 3.63) is 97.1 Å². The number of aromatic nitrogens is 3. The summed E-state index contributed by atoms with van der Waals surface area (Å²) in [5.41, 5.74) is 1.93. The van der Waals surface area contributed by atoms with Crippen molar-refractivity contribution in [1.82, 2.24) is 14.5 Å². The molecule has 1 aromatic carbocycles. The van der Waals surface area contributed by atoms with Gasteiger partial charge in [0.05, 0.1) is 23.9 Å². The molecule has 1 unspecified atom stereocenters. The Balaban J connectivity index is 2.27. The van der Waals surface area contributed by atoms with E-state index >= 15 is 0 Å². The van der Waals surface area contributed by atoms with Crippen molar-refractivity contribution in [3.63, 3.8) is 0 Å². The first-order valence-electron chi connectivity index (χ1n) is 9.27. The third-order valence-electron chi connectivity index (χ3n) is 4.75. The van der Waals surface area contributed by atoms with E-state index in [1.165, 1.54) is 4.57 Å². The summed E-state index contributed by atoms with van der Waals surface area (Å²) in [5, 5.41) is 20.5. The Bertz CT molecular complexity index is 1190. The van der Waals surface area contributed by atoms with Crippen LogP contribution in [0.3, 0.4) is 0 Å². The van der Waals surface area contributed by atoms with Crippen LogP contribution in [0, 0.1) is 18.3 Å². The highest BCUT2D eigenvalue weighted by Crippen LogP contribution is 2.28. The summed E-state index contributed by atoms with van der Waals surface area (Å²) in [6.45, 7) is 5.65. The van der Waals surface area contributed by atoms with E-state index in [1.807, 2.05) is 20.8 Å². The Morgan fingerprint density at radius 2 is 1.90 bits per heavy atom. The second-order valence-electron chi connectivity index (χ2n) is 7.30. The molecule has 0 amide bonds. The van der Waals surface area contributed by atoms with Crippen molar-refractivity contribution in [3.8, 4) is 6.07 Å². The van der Waals surface area contributed by atoms with E-state index in [9.17, 15) is 20.0 Å². The summed E-state index contributed by atoms with van der Waals surface area (Å²) < 4.78 is 1.38. The number of aromatic amines is 1. The molecule has 0 aliphatic carbocycles. The van der Waals surface area contributed by atoms with Gasteiger partial charge in [0.2, 0.25) is 0 Å². The molecule has 2 aromatic heterocycles. The molecule has 0 bridgehead atoms. The van der Waals surface area contributed by atoms with Crippen LogP contribution in [0.15, 0.2) is 52.3 Å². The molecule has 148 valence electrons. The van der Waals surface area contributed by atoms with Gasteiger partial charge in [0.1, 0.15) is 6.10 Å². The minimum atomic E-state index is -1.24. The third-order valence-corrected chi connectivity index (χ3v) is 4.75. The van der Waals surface area contributed by atoms with Crippen molar-refractivity contribution < 1.29 is 5.11 Å². The van der Waals surface area contributed by atoms with Crippen LogP contribution in [0.4, 0.5) is 0 Å². The summed E-state index contributed by atoms with van der Waals surface area (Å²) >= 11 is 0. The van der Waals surface area contributed by atoms with Gasteiger partial charge < -0.3 is 5.11 Å². The van der Waals surface area contributed by atoms with Crippen LogP contribution in [0.2, 0.25) is 0 Å². The number of aliphatic hydroxyl groups is 1. The normalized spacial score (nSPS) is 12.0. The van der Waals surface area contributed by atoms with Crippen LogP contribution >= 0.6 is 0 Å². The van der Waals surface area contributed by atoms with Gasteiger partial charge in [0, 0.05) is 18.0 Å². The molecule has 2 N–H and O–H groups in total. The molecule has 0 saturated carbocycles. The molecule has 0 aliphatic heterocycles. The van der Waals surface area contributed by atoms with E-state index in [0.29, 0.717) is 16.7 Å². The number of nitriles is 1. The van der Waals surface area contributed by atoms with Crippen LogP contribution < -0.4 is 11.2 Å². The second-order valence-corrected chi connectivity index (χ2v) is 7.30. The summed E-state index contributed by atoms with van der Waals surface area (Å²) in [7, 11) is 0. The molecule has 3 rings (SSSR count). The highest BCUT2D eigenvalue weighted by molar-refractivity contribution is 5.41. The van der Waals surface area contributed by atoms with Crippen molar-refractivity contribution in [2.45, 2.75) is 39.3 Å². The standard InChI is InChI=1S/C22H22N4O3/c1-13(2)18-19(20(27)17-9-14(3)8-16(10-17)11-23)26(22(29)25-21(18)28)12-15-4-6-24-7-5-15/h4-10,13,20,27H,12H2,1-3H3,(H,25,28,29). The smallest absolute Gasteiger partial charge is 0.328 e. The van der Waals surface area contributed by atoms with E-state index in [-0.39, 0.29) is 18.2 Å². The predicted molar refractivity (Wildman–Crippen MR) is 109 cm³/mol. The van der Waals surface area contributed by atoms with Crippen molar-refractivity contribution in [2.24, 2.45) is 0 Å². The maximum atomic E-state index is 12.7. The van der Waals surface area contributed by atoms with Gasteiger partial charge in [0.15, 0.2) is 0 Å². The van der Waals surface area contributed by atoms with E-state index in [4.69, 9.17) is 0 Å². The molecule has 1 atom stereocenters. The topological polar surface area (TPSA) is 112 Å². The summed E-state index contributed by atoms with van der Waals surface area (Å²) in [5.74, 6) is -0.229. The maximum absolute atomic E-state index is 12.7. The van der Waals surface area contributed by atoms with Crippen LogP contribution in [-0.4, -0.2) is 19.6 Å². The van der Waals surface area contributed by atoms with Gasteiger partial charge in [-0.25, -0.2) is 4.79 Å². The molecule has 0 radical (unpaired) electrons. The first kappa shape index (κ1) is 20.2. The maximum Gasteiger partial charge on any atom is 0.328 e. The first-order chi connectivity index (χ1) is 13.8. The molecule has 7 nitrogen and oxygen atoms in total. The van der Waals surface area contributed by atoms with Gasteiger partial charge in [-0.15, -0.1) is 0 Å². The van der Waals surface area contributed by atoms with Gasteiger partial charge in [-0.05, 0) is 53.8 Å². The fraction of sp³-hybridized carbons (Fsp3) is 0.273. The highest BCUT2D eigenvalue weighted by atomic mass is 16.3. The molecule has 29 heavy (non-hydrogen) atoms. The number of aryl methyl sites for hydroxylation is 1. The molecule has 0 spiro atoms. The highest BCUT2D eigenvalue weighted by Gasteiger charge is 2.25. The van der Waals surface area contributed by atoms with Crippen LogP contribution in [0.5, 0.6) is 0 Å². The quantitative estimate of drug-likeness (QED) is 0.695. The lowest BCUT2D eigenvalue weighted by molar-refractivity contribution is 0.206. The van der Waals surface area contributed by atoms with E-state index < -0.39 is 17.4 Å². The summed E-state index contributed by atoms with van der Waals surface area (Å²) in [6, 6.07) is 10.6. The van der Waals surface area contributed by atoms with Gasteiger partial charge in [-0.2, -0.15) is 5.26 Å². The summed E-state index contributed by atoms with van der Waals surface area (Å²) in [4.78, 5) is 31.6. The third kappa shape index (κ3) is 4.18. The van der Waals surface area contributed by atoms with Crippen LogP contribution in [0.25, 0.3) is 0 Å². The lowest BCUT2D eigenvalue weighted by Gasteiger charge is -2.23. The molecular weight excluding hydrogens is 368 g/mol. The molecule has 0 saturated heterocycles. The number of rotatable bonds is 5. The van der Waals surface area contributed by atoms with E-state index in [0.717, 1.165) is 11.1 Å². The van der Waals surface area contributed by atoms with Gasteiger partial charge in [-0.3, -0.25) is 19.3 Å². The van der Waals surface area contributed by atoms with Gasteiger partial charge in [-0.1, -0.05) is 19.9 Å². The number of benzene rings is 1. The fourth-order valence-corrected chi connectivity index (χ4v) is 3.48. The van der Waals surface area contributed by atoms with Crippen LogP contribution in [0.1, 0.15) is 59.4 Å². The molecule has 0 aliphatic rings. The Morgan fingerprint density at radius 1 is 1.21 bits per heavy atom. The van der Waals surface area contributed by atoms with Crippen LogP contribution in [-0.2, 0) is 6.54 Å². The van der Waals surface area contributed by atoms with Crippen molar-refractivity contribution in [2.75, 3.05) is 0 Å². The number of pyridine rings is 1.